The largest absolute Gasteiger partial charge is 0.320 e. The molecule has 0 saturated carbocycles. The second kappa shape index (κ2) is 4.52. The molecule has 0 aromatic carbocycles. The first kappa shape index (κ1) is 11.1. The Balaban J connectivity index is 2.57. The van der Waals surface area contributed by atoms with E-state index in [1.54, 1.807) is 0 Å². The quantitative estimate of drug-likeness (QED) is 0.797. The average molecular weight is 213 g/mol. The van der Waals surface area contributed by atoms with Gasteiger partial charge in [0.1, 0.15) is 0 Å². The number of nitrogens with two attached hydrogens (primary N) is 1. The van der Waals surface area contributed by atoms with Crippen LogP contribution in [0.5, 0.6) is 0 Å². The summed E-state index contributed by atoms with van der Waals surface area (Å²) in [7, 11) is 0. The number of thiazole rings is 1. The van der Waals surface area contributed by atoms with Crippen molar-refractivity contribution in [1.82, 2.24) is 4.98 Å². The van der Waals surface area contributed by atoms with Crippen molar-refractivity contribution in [3.63, 3.8) is 0 Å². The molecule has 0 unspecified atom stereocenters. The van der Waals surface area contributed by atoms with Crippen LogP contribution in [0.4, 0.5) is 5.13 Å². The van der Waals surface area contributed by atoms with Gasteiger partial charge in [-0.3, -0.25) is 4.79 Å². The zero-order valence-electron chi connectivity index (χ0n) is 8.57. The summed E-state index contributed by atoms with van der Waals surface area (Å²) in [5.41, 5.74) is 6.59. The Morgan fingerprint density at radius 1 is 1.64 bits per heavy atom. The first-order chi connectivity index (χ1) is 6.50. The lowest BCUT2D eigenvalue weighted by atomic mass is 10.1. The maximum atomic E-state index is 11.5. The topological polar surface area (TPSA) is 68.0 Å². The van der Waals surface area contributed by atoms with Crippen LogP contribution < -0.4 is 11.1 Å². The smallest absolute Gasteiger partial charge is 0.243 e. The van der Waals surface area contributed by atoms with Crippen LogP contribution in [0.3, 0.4) is 0 Å². The van der Waals surface area contributed by atoms with Crippen molar-refractivity contribution in [2.45, 2.75) is 26.8 Å². The van der Waals surface area contributed by atoms with Gasteiger partial charge in [0.05, 0.1) is 11.7 Å². The summed E-state index contributed by atoms with van der Waals surface area (Å²) >= 11 is 1.41. The van der Waals surface area contributed by atoms with Crippen molar-refractivity contribution >= 4 is 22.4 Å². The van der Waals surface area contributed by atoms with Gasteiger partial charge in [0.15, 0.2) is 5.13 Å². The molecule has 0 aliphatic carbocycles. The Morgan fingerprint density at radius 2 is 2.29 bits per heavy atom. The Kier molecular flexibility index (Phi) is 3.60. The summed E-state index contributed by atoms with van der Waals surface area (Å²) in [5.74, 6) is -0.0367. The molecular formula is C9H15N3OS. The summed E-state index contributed by atoms with van der Waals surface area (Å²) in [6.45, 7) is 5.71. The number of rotatable bonds is 3. The highest BCUT2D eigenvalue weighted by atomic mass is 32.1. The average Bonchev–Trinajstić information content (AvgIpc) is 2.49. The number of hydrogen-bond donors (Lipinski definition) is 2. The number of carbonyl (C=O) groups excluding carboxylic acids is 1. The minimum absolute atomic E-state index is 0.135. The van der Waals surface area contributed by atoms with E-state index >= 15 is 0 Å². The summed E-state index contributed by atoms with van der Waals surface area (Å²) in [5, 5.41) is 5.19. The summed E-state index contributed by atoms with van der Waals surface area (Å²) in [6.07, 6.45) is 0. The molecule has 0 spiro atoms. The van der Waals surface area contributed by atoms with E-state index in [4.69, 9.17) is 5.73 Å². The van der Waals surface area contributed by atoms with Crippen molar-refractivity contribution in [2.24, 2.45) is 11.7 Å². The fourth-order valence-electron chi connectivity index (χ4n) is 0.903. The normalized spacial score (nSPS) is 12.9. The van der Waals surface area contributed by atoms with Crippen LogP contribution in [-0.4, -0.2) is 16.9 Å². The second-order valence-electron chi connectivity index (χ2n) is 3.55. The molecule has 78 valence electrons. The predicted octanol–water partition coefficient (Wildman–Crippen LogP) is 1.37. The zero-order valence-corrected chi connectivity index (χ0v) is 9.39. The Labute approximate surface area is 87.5 Å². The van der Waals surface area contributed by atoms with Crippen LogP contribution in [0.2, 0.25) is 0 Å². The SMILES string of the molecule is Cc1csc(NC(=O)[C@H](N)C(C)C)n1. The van der Waals surface area contributed by atoms with Crippen molar-refractivity contribution in [2.75, 3.05) is 5.32 Å². The molecule has 0 fully saturated rings. The molecule has 1 aromatic heterocycles. The van der Waals surface area contributed by atoms with Gasteiger partial charge >= 0.3 is 0 Å². The molecule has 1 heterocycles. The first-order valence-electron chi connectivity index (χ1n) is 4.49. The van der Waals surface area contributed by atoms with Gasteiger partial charge in [-0.2, -0.15) is 0 Å². The number of anilines is 1. The van der Waals surface area contributed by atoms with Crippen LogP contribution in [0, 0.1) is 12.8 Å². The van der Waals surface area contributed by atoms with E-state index in [2.05, 4.69) is 10.3 Å². The molecule has 1 rings (SSSR count). The van der Waals surface area contributed by atoms with Crippen LogP contribution in [0.15, 0.2) is 5.38 Å². The fraction of sp³-hybridized carbons (Fsp3) is 0.556. The molecule has 1 amide bonds. The van der Waals surface area contributed by atoms with Crippen LogP contribution in [0.25, 0.3) is 0 Å². The molecule has 1 atom stereocenters. The highest BCUT2D eigenvalue weighted by Crippen LogP contribution is 2.15. The number of nitrogens with zero attached hydrogens (tertiary/aromatic N) is 1. The Morgan fingerprint density at radius 3 is 2.71 bits per heavy atom. The van der Waals surface area contributed by atoms with Gasteiger partial charge in [-0.15, -0.1) is 11.3 Å². The van der Waals surface area contributed by atoms with Crippen molar-refractivity contribution in [3.05, 3.63) is 11.1 Å². The highest BCUT2D eigenvalue weighted by molar-refractivity contribution is 7.13. The van der Waals surface area contributed by atoms with E-state index < -0.39 is 6.04 Å². The molecule has 0 aliphatic heterocycles. The molecule has 0 bridgehead atoms. The van der Waals surface area contributed by atoms with Crippen molar-refractivity contribution in [3.8, 4) is 0 Å². The number of aryl methyl sites for hydroxylation is 1. The highest BCUT2D eigenvalue weighted by Gasteiger charge is 2.17. The third kappa shape index (κ3) is 2.78. The first-order valence-corrected chi connectivity index (χ1v) is 5.37. The lowest BCUT2D eigenvalue weighted by Gasteiger charge is -2.13. The summed E-state index contributed by atoms with van der Waals surface area (Å²) < 4.78 is 0. The maximum Gasteiger partial charge on any atom is 0.243 e. The number of carbonyl (C=O) groups is 1. The fourth-order valence-corrected chi connectivity index (χ4v) is 1.59. The Bertz CT molecular complexity index is 322. The van der Waals surface area contributed by atoms with Gasteiger partial charge in [0, 0.05) is 5.38 Å². The molecule has 4 nitrogen and oxygen atoms in total. The molecule has 14 heavy (non-hydrogen) atoms. The van der Waals surface area contributed by atoms with Crippen molar-refractivity contribution in [1.29, 1.82) is 0 Å². The lowest BCUT2D eigenvalue weighted by Crippen LogP contribution is -2.39. The van der Waals surface area contributed by atoms with E-state index in [0.717, 1.165) is 5.69 Å². The third-order valence-corrected chi connectivity index (χ3v) is 2.75. The number of nitrogens with one attached hydrogen (secondary N) is 1. The van der Waals surface area contributed by atoms with Crippen LogP contribution >= 0.6 is 11.3 Å². The van der Waals surface area contributed by atoms with Crippen molar-refractivity contribution < 1.29 is 4.79 Å². The van der Waals surface area contributed by atoms with E-state index in [-0.39, 0.29) is 11.8 Å². The monoisotopic (exact) mass is 213 g/mol. The minimum atomic E-state index is -0.473. The van der Waals surface area contributed by atoms with Crippen LogP contribution in [0.1, 0.15) is 19.5 Å². The minimum Gasteiger partial charge on any atom is -0.320 e. The molecule has 3 N–H and O–H groups in total. The summed E-state index contributed by atoms with van der Waals surface area (Å²) in [4.78, 5) is 15.6. The van der Waals surface area contributed by atoms with Gasteiger partial charge < -0.3 is 11.1 Å². The zero-order chi connectivity index (χ0) is 10.7. The summed E-state index contributed by atoms with van der Waals surface area (Å²) in [6, 6.07) is -0.473. The van der Waals surface area contributed by atoms with E-state index in [1.165, 1.54) is 11.3 Å². The van der Waals surface area contributed by atoms with Crippen LogP contribution in [-0.2, 0) is 4.79 Å². The van der Waals surface area contributed by atoms with E-state index in [0.29, 0.717) is 5.13 Å². The van der Waals surface area contributed by atoms with Gasteiger partial charge in [-0.25, -0.2) is 4.98 Å². The van der Waals surface area contributed by atoms with Gasteiger partial charge in [0.2, 0.25) is 5.91 Å². The van der Waals surface area contributed by atoms with Gasteiger partial charge in [-0.1, -0.05) is 13.8 Å². The molecule has 0 saturated heterocycles. The second-order valence-corrected chi connectivity index (χ2v) is 4.41. The molecule has 1 aromatic rings. The Hall–Kier alpha value is -0.940. The third-order valence-electron chi connectivity index (χ3n) is 1.87. The van der Waals surface area contributed by atoms with E-state index in [9.17, 15) is 4.79 Å². The van der Waals surface area contributed by atoms with Gasteiger partial charge in [0.25, 0.3) is 0 Å². The number of aromatic nitrogens is 1. The van der Waals surface area contributed by atoms with Gasteiger partial charge in [-0.05, 0) is 12.8 Å². The predicted molar refractivity (Wildman–Crippen MR) is 58.3 cm³/mol. The molecule has 0 aliphatic rings. The molecule has 5 heteroatoms. The molecule has 0 radical (unpaired) electrons. The molecular weight excluding hydrogens is 198 g/mol. The standard InChI is InChI=1S/C9H15N3OS/c1-5(2)7(10)8(13)12-9-11-6(3)4-14-9/h4-5,7H,10H2,1-3H3,(H,11,12,13)/t7-/m1/s1. The number of amides is 1. The van der Waals surface area contributed by atoms with E-state index in [1.807, 2.05) is 26.2 Å². The lowest BCUT2D eigenvalue weighted by molar-refractivity contribution is -0.118. The number of hydrogen-bond acceptors (Lipinski definition) is 4. The maximum absolute atomic E-state index is 11.5.